The highest BCUT2D eigenvalue weighted by atomic mass is 35.5. The maximum atomic E-state index is 8.00. The Kier molecular flexibility index (Phi) is 4.36. The standard InChI is InChI=1S/C9H7ClN4/c10-9-7-8(4-6-12-9)3-1-2-5-13-14-11/h4,6-7H,2,5H2. The molecule has 0 fully saturated rings. The number of nitrogens with zero attached hydrogens (tertiary/aromatic N) is 4. The van der Waals surface area contributed by atoms with Crippen LogP contribution < -0.4 is 0 Å². The summed E-state index contributed by atoms with van der Waals surface area (Å²) in [5, 5.41) is 3.78. The van der Waals surface area contributed by atoms with Crippen LogP contribution in [0.3, 0.4) is 0 Å². The van der Waals surface area contributed by atoms with Crippen molar-refractivity contribution in [3.63, 3.8) is 0 Å². The van der Waals surface area contributed by atoms with Crippen molar-refractivity contribution < 1.29 is 0 Å². The molecule has 1 heterocycles. The number of hydrogen-bond donors (Lipinski definition) is 0. The minimum Gasteiger partial charge on any atom is -0.244 e. The van der Waals surface area contributed by atoms with E-state index in [1.807, 2.05) is 0 Å². The first-order valence-electron chi connectivity index (χ1n) is 3.94. The maximum absolute atomic E-state index is 8.00. The lowest BCUT2D eigenvalue weighted by molar-refractivity contribution is 1.01. The molecule has 14 heavy (non-hydrogen) atoms. The summed E-state index contributed by atoms with van der Waals surface area (Å²) in [5.74, 6) is 5.75. The Labute approximate surface area is 86.5 Å². The maximum Gasteiger partial charge on any atom is 0.130 e. The first kappa shape index (κ1) is 10.4. The van der Waals surface area contributed by atoms with Crippen molar-refractivity contribution in [3.8, 4) is 11.8 Å². The summed E-state index contributed by atoms with van der Waals surface area (Å²) < 4.78 is 0. The second-order valence-corrected chi connectivity index (χ2v) is 2.76. The minimum absolute atomic E-state index is 0.391. The summed E-state index contributed by atoms with van der Waals surface area (Å²) in [6.07, 6.45) is 2.14. The van der Waals surface area contributed by atoms with E-state index < -0.39 is 0 Å². The normalized spacial score (nSPS) is 8.36. The zero-order chi connectivity index (χ0) is 10.2. The average Bonchev–Trinajstić information content (AvgIpc) is 2.18. The van der Waals surface area contributed by atoms with Crippen LogP contribution in [-0.4, -0.2) is 11.5 Å². The van der Waals surface area contributed by atoms with Gasteiger partial charge in [0.1, 0.15) is 5.15 Å². The molecule has 0 spiro atoms. The molecule has 70 valence electrons. The van der Waals surface area contributed by atoms with Gasteiger partial charge in [-0.15, -0.1) is 0 Å². The zero-order valence-corrected chi connectivity index (χ0v) is 8.07. The molecular formula is C9H7ClN4. The highest BCUT2D eigenvalue weighted by Crippen LogP contribution is 2.05. The van der Waals surface area contributed by atoms with Gasteiger partial charge in [0.25, 0.3) is 0 Å². The molecule has 0 N–H and O–H groups in total. The first-order valence-corrected chi connectivity index (χ1v) is 4.32. The molecule has 0 saturated carbocycles. The molecule has 1 rings (SSSR count). The van der Waals surface area contributed by atoms with E-state index in [-0.39, 0.29) is 0 Å². The summed E-state index contributed by atoms with van der Waals surface area (Å²) >= 11 is 5.66. The van der Waals surface area contributed by atoms with Gasteiger partial charge in [0.2, 0.25) is 0 Å². The summed E-state index contributed by atoms with van der Waals surface area (Å²) in [4.78, 5) is 6.45. The molecule has 1 aromatic heterocycles. The molecule has 0 saturated heterocycles. The molecule has 0 unspecified atom stereocenters. The number of aromatic nitrogens is 1. The largest absolute Gasteiger partial charge is 0.244 e. The Balaban J connectivity index is 2.54. The molecule has 0 aliphatic heterocycles. The molecule has 1 aromatic rings. The van der Waals surface area contributed by atoms with Crippen LogP contribution >= 0.6 is 11.6 Å². The molecular weight excluding hydrogens is 200 g/mol. The predicted octanol–water partition coefficient (Wildman–Crippen LogP) is 2.79. The molecule has 4 nitrogen and oxygen atoms in total. The van der Waals surface area contributed by atoms with Crippen molar-refractivity contribution in [1.82, 2.24) is 4.98 Å². The molecule has 0 bridgehead atoms. The highest BCUT2D eigenvalue weighted by Gasteiger charge is 1.88. The Morgan fingerprint density at radius 1 is 1.64 bits per heavy atom. The molecule has 0 atom stereocenters. The Morgan fingerprint density at radius 2 is 2.50 bits per heavy atom. The Morgan fingerprint density at radius 3 is 3.21 bits per heavy atom. The van der Waals surface area contributed by atoms with Crippen LogP contribution in [0.2, 0.25) is 5.15 Å². The third-order valence-electron chi connectivity index (χ3n) is 1.36. The molecule has 0 aromatic carbocycles. The van der Waals surface area contributed by atoms with Crippen LogP contribution in [0.15, 0.2) is 23.4 Å². The van der Waals surface area contributed by atoms with Gasteiger partial charge in [0.15, 0.2) is 0 Å². The number of halogens is 1. The van der Waals surface area contributed by atoms with E-state index in [0.29, 0.717) is 18.1 Å². The quantitative estimate of drug-likeness (QED) is 0.183. The van der Waals surface area contributed by atoms with Gasteiger partial charge in [-0.05, 0) is 17.7 Å². The zero-order valence-electron chi connectivity index (χ0n) is 7.31. The van der Waals surface area contributed by atoms with Crippen LogP contribution in [0.1, 0.15) is 12.0 Å². The van der Waals surface area contributed by atoms with E-state index in [4.69, 9.17) is 17.1 Å². The topological polar surface area (TPSA) is 61.7 Å². The van der Waals surface area contributed by atoms with E-state index in [1.165, 1.54) is 0 Å². The van der Waals surface area contributed by atoms with Gasteiger partial charge in [-0.2, -0.15) is 0 Å². The number of hydrogen-bond acceptors (Lipinski definition) is 2. The van der Waals surface area contributed by atoms with E-state index >= 15 is 0 Å². The van der Waals surface area contributed by atoms with Crippen LogP contribution in [0.25, 0.3) is 10.4 Å². The lowest BCUT2D eigenvalue weighted by Gasteiger charge is -1.89. The first-order chi connectivity index (χ1) is 6.83. The van der Waals surface area contributed by atoms with Gasteiger partial charge in [0, 0.05) is 29.6 Å². The summed E-state index contributed by atoms with van der Waals surface area (Å²) in [7, 11) is 0. The minimum atomic E-state index is 0.391. The van der Waals surface area contributed by atoms with Gasteiger partial charge in [0.05, 0.1) is 0 Å². The van der Waals surface area contributed by atoms with Crippen molar-refractivity contribution in [2.45, 2.75) is 6.42 Å². The Bertz CT molecular complexity index is 412. The van der Waals surface area contributed by atoms with Gasteiger partial charge in [-0.1, -0.05) is 28.6 Å². The van der Waals surface area contributed by atoms with Crippen molar-refractivity contribution in [1.29, 1.82) is 0 Å². The van der Waals surface area contributed by atoms with Crippen molar-refractivity contribution in [2.75, 3.05) is 6.54 Å². The number of pyridine rings is 1. The number of azide groups is 1. The van der Waals surface area contributed by atoms with E-state index in [9.17, 15) is 0 Å². The van der Waals surface area contributed by atoms with Gasteiger partial charge < -0.3 is 0 Å². The monoisotopic (exact) mass is 206 g/mol. The summed E-state index contributed by atoms with van der Waals surface area (Å²) in [6.45, 7) is 0.391. The van der Waals surface area contributed by atoms with Gasteiger partial charge in [-0.25, -0.2) is 4.98 Å². The predicted molar refractivity (Wildman–Crippen MR) is 54.8 cm³/mol. The van der Waals surface area contributed by atoms with Gasteiger partial charge >= 0.3 is 0 Å². The van der Waals surface area contributed by atoms with Crippen LogP contribution in [-0.2, 0) is 0 Å². The fraction of sp³-hybridized carbons (Fsp3) is 0.222. The van der Waals surface area contributed by atoms with E-state index in [2.05, 4.69) is 26.9 Å². The van der Waals surface area contributed by atoms with Crippen LogP contribution in [0.4, 0.5) is 0 Å². The molecule has 0 amide bonds. The SMILES string of the molecule is [N-]=[N+]=NCCC#Cc1ccnc(Cl)c1. The smallest absolute Gasteiger partial charge is 0.130 e. The molecule has 0 aliphatic rings. The number of rotatable bonds is 2. The lowest BCUT2D eigenvalue weighted by Crippen LogP contribution is -1.78. The third kappa shape index (κ3) is 3.81. The summed E-state index contributed by atoms with van der Waals surface area (Å²) in [6, 6.07) is 3.45. The second kappa shape index (κ2) is 5.87. The summed E-state index contributed by atoms with van der Waals surface area (Å²) in [5.41, 5.74) is 8.81. The fourth-order valence-electron chi connectivity index (χ4n) is 0.795. The van der Waals surface area contributed by atoms with Crippen LogP contribution in [0, 0.1) is 11.8 Å². The van der Waals surface area contributed by atoms with Crippen molar-refractivity contribution >= 4 is 11.6 Å². The van der Waals surface area contributed by atoms with E-state index in [0.717, 1.165) is 5.56 Å². The highest BCUT2D eigenvalue weighted by molar-refractivity contribution is 6.29. The lowest BCUT2D eigenvalue weighted by atomic mass is 10.2. The Hall–Kier alpha value is -1.69. The van der Waals surface area contributed by atoms with Crippen molar-refractivity contribution in [3.05, 3.63) is 39.5 Å². The van der Waals surface area contributed by atoms with Crippen LogP contribution in [0.5, 0.6) is 0 Å². The third-order valence-corrected chi connectivity index (χ3v) is 1.57. The van der Waals surface area contributed by atoms with E-state index in [1.54, 1.807) is 18.3 Å². The molecule has 0 radical (unpaired) electrons. The van der Waals surface area contributed by atoms with Crippen molar-refractivity contribution in [2.24, 2.45) is 5.11 Å². The van der Waals surface area contributed by atoms with Gasteiger partial charge in [-0.3, -0.25) is 0 Å². The average molecular weight is 207 g/mol. The molecule has 5 heteroatoms. The second-order valence-electron chi connectivity index (χ2n) is 2.37. The molecule has 0 aliphatic carbocycles. The fourth-order valence-corrected chi connectivity index (χ4v) is 0.969.